The summed E-state index contributed by atoms with van der Waals surface area (Å²) in [6.07, 6.45) is 2.65. The summed E-state index contributed by atoms with van der Waals surface area (Å²) in [5, 5.41) is 3.29. The van der Waals surface area contributed by atoms with Gasteiger partial charge in [0.25, 0.3) is 0 Å². The van der Waals surface area contributed by atoms with Gasteiger partial charge in [-0.3, -0.25) is 4.90 Å². The molecule has 1 saturated heterocycles. The molecule has 0 aliphatic carbocycles. The molecule has 2 aliphatic heterocycles. The van der Waals surface area contributed by atoms with Crippen LogP contribution in [0.3, 0.4) is 0 Å². The number of nitrogens with two attached hydrogens (primary N) is 1. The van der Waals surface area contributed by atoms with Gasteiger partial charge in [0.1, 0.15) is 5.69 Å². The number of benzene rings is 1. The van der Waals surface area contributed by atoms with Gasteiger partial charge in [-0.2, -0.15) is 9.97 Å². The summed E-state index contributed by atoms with van der Waals surface area (Å²) in [5.74, 6) is 1.22. The maximum Gasteiger partial charge on any atom is 0.320 e. The van der Waals surface area contributed by atoms with Gasteiger partial charge in [0.2, 0.25) is 0 Å². The Kier molecular flexibility index (Phi) is 6.01. The minimum Gasteiger partial charge on any atom is -0.464 e. The van der Waals surface area contributed by atoms with Crippen molar-refractivity contribution < 1.29 is 9.47 Å². The molecular weight excluding hydrogens is 368 g/mol. The van der Waals surface area contributed by atoms with Crippen molar-refractivity contribution in [1.29, 1.82) is 0 Å². The number of ether oxygens (including phenoxy) is 2. The first-order chi connectivity index (χ1) is 14.2. The molecule has 29 heavy (non-hydrogen) atoms. The number of nitrogens with one attached hydrogen (secondary N) is 1. The smallest absolute Gasteiger partial charge is 0.320 e. The highest BCUT2D eigenvalue weighted by atomic mass is 16.5. The number of fused-ring (bicyclic) bond motifs is 1. The lowest BCUT2D eigenvalue weighted by Crippen LogP contribution is -2.36. The SMILES string of the molecule is CCOc1nc(N)c2c(n1)N(Cc1ccc(CN3CCC(OC)CC3)cc1)CN2. The van der Waals surface area contributed by atoms with Crippen molar-refractivity contribution in [3.8, 4) is 6.01 Å². The highest BCUT2D eigenvalue weighted by Gasteiger charge is 2.25. The standard InChI is InChI=1S/C21H30N6O2/c1-3-29-21-24-19(22)18-20(25-21)27(14-23-18)13-16-6-4-15(5-7-16)12-26-10-8-17(28-2)9-11-26/h4-7,17,23H,3,8-14H2,1-2H3,(H2,22,24,25). The molecule has 3 N–H and O–H groups in total. The van der Waals surface area contributed by atoms with Crippen LogP contribution >= 0.6 is 0 Å². The lowest BCUT2D eigenvalue weighted by atomic mass is 10.1. The van der Waals surface area contributed by atoms with Crippen LogP contribution in [0, 0.1) is 0 Å². The van der Waals surface area contributed by atoms with E-state index in [0.717, 1.165) is 50.5 Å². The number of likely N-dealkylation sites (tertiary alicyclic amines) is 1. The van der Waals surface area contributed by atoms with Gasteiger partial charge in [0.05, 0.1) is 19.4 Å². The van der Waals surface area contributed by atoms with Gasteiger partial charge in [-0.05, 0) is 30.9 Å². The Morgan fingerprint density at radius 2 is 1.79 bits per heavy atom. The second-order valence-corrected chi connectivity index (χ2v) is 7.58. The largest absolute Gasteiger partial charge is 0.464 e. The molecule has 0 spiro atoms. The monoisotopic (exact) mass is 398 g/mol. The van der Waals surface area contributed by atoms with Gasteiger partial charge < -0.3 is 25.4 Å². The molecule has 0 saturated carbocycles. The van der Waals surface area contributed by atoms with Gasteiger partial charge in [0, 0.05) is 33.3 Å². The van der Waals surface area contributed by atoms with Crippen LogP contribution in [0.15, 0.2) is 24.3 Å². The predicted molar refractivity (Wildman–Crippen MR) is 114 cm³/mol. The predicted octanol–water partition coefficient (Wildman–Crippen LogP) is 2.46. The first-order valence-corrected chi connectivity index (χ1v) is 10.3. The van der Waals surface area contributed by atoms with E-state index in [1.165, 1.54) is 11.1 Å². The average Bonchev–Trinajstić information content (AvgIpc) is 3.13. The van der Waals surface area contributed by atoms with Crippen molar-refractivity contribution in [2.75, 3.05) is 49.4 Å². The highest BCUT2D eigenvalue weighted by molar-refractivity contribution is 5.80. The van der Waals surface area contributed by atoms with Gasteiger partial charge in [0.15, 0.2) is 11.6 Å². The molecule has 1 fully saturated rings. The number of piperidine rings is 1. The minimum absolute atomic E-state index is 0.324. The van der Waals surface area contributed by atoms with Gasteiger partial charge >= 0.3 is 6.01 Å². The molecule has 2 aromatic rings. The van der Waals surface area contributed by atoms with Crippen molar-refractivity contribution in [2.24, 2.45) is 0 Å². The topological polar surface area (TPSA) is 88.8 Å². The fraction of sp³-hybridized carbons (Fsp3) is 0.524. The Bertz CT molecular complexity index is 821. The van der Waals surface area contributed by atoms with Crippen LogP contribution in [0.2, 0.25) is 0 Å². The second-order valence-electron chi connectivity index (χ2n) is 7.58. The molecule has 0 unspecified atom stereocenters. The van der Waals surface area contributed by atoms with Crippen molar-refractivity contribution in [1.82, 2.24) is 14.9 Å². The number of nitrogen functional groups attached to an aromatic ring is 1. The van der Waals surface area contributed by atoms with E-state index < -0.39 is 0 Å². The molecule has 0 bridgehead atoms. The normalized spacial score (nSPS) is 17.2. The number of hydrogen-bond donors (Lipinski definition) is 2. The van der Waals surface area contributed by atoms with Crippen LogP contribution in [0.1, 0.15) is 30.9 Å². The van der Waals surface area contributed by atoms with Gasteiger partial charge in [-0.25, -0.2) is 0 Å². The van der Waals surface area contributed by atoms with Gasteiger partial charge in [-0.15, -0.1) is 0 Å². The maximum atomic E-state index is 6.05. The fourth-order valence-corrected chi connectivity index (χ4v) is 3.95. The number of hydrogen-bond acceptors (Lipinski definition) is 8. The van der Waals surface area contributed by atoms with Gasteiger partial charge in [-0.1, -0.05) is 24.3 Å². The fourth-order valence-electron chi connectivity index (χ4n) is 3.95. The Morgan fingerprint density at radius 3 is 2.45 bits per heavy atom. The van der Waals surface area contributed by atoms with E-state index in [0.29, 0.717) is 31.2 Å². The third kappa shape index (κ3) is 4.54. The van der Waals surface area contributed by atoms with Crippen molar-refractivity contribution >= 4 is 17.3 Å². The van der Waals surface area contributed by atoms with E-state index in [1.54, 1.807) is 0 Å². The number of anilines is 3. The van der Waals surface area contributed by atoms with E-state index in [-0.39, 0.29) is 0 Å². The maximum absolute atomic E-state index is 6.05. The van der Waals surface area contributed by atoms with Crippen molar-refractivity contribution in [3.63, 3.8) is 0 Å². The Balaban J connectivity index is 1.38. The lowest BCUT2D eigenvalue weighted by Gasteiger charge is -2.31. The first kappa shape index (κ1) is 19.7. The van der Waals surface area contributed by atoms with Crippen molar-refractivity contribution in [3.05, 3.63) is 35.4 Å². The third-order valence-electron chi connectivity index (χ3n) is 5.59. The molecule has 0 amide bonds. The molecule has 3 heterocycles. The lowest BCUT2D eigenvalue weighted by molar-refractivity contribution is 0.0388. The van der Waals surface area contributed by atoms with Crippen LogP contribution in [-0.4, -0.2) is 54.4 Å². The molecule has 2 aliphatic rings. The van der Waals surface area contributed by atoms with Crippen LogP contribution in [0.5, 0.6) is 6.01 Å². The summed E-state index contributed by atoms with van der Waals surface area (Å²) in [4.78, 5) is 13.4. The van der Waals surface area contributed by atoms with Crippen LogP contribution in [0.4, 0.5) is 17.3 Å². The summed E-state index contributed by atoms with van der Waals surface area (Å²) >= 11 is 0. The summed E-state index contributed by atoms with van der Waals surface area (Å²) in [6.45, 7) is 7.01. The summed E-state index contributed by atoms with van der Waals surface area (Å²) in [7, 11) is 1.81. The van der Waals surface area contributed by atoms with Crippen LogP contribution < -0.4 is 20.7 Å². The van der Waals surface area contributed by atoms with E-state index in [4.69, 9.17) is 15.2 Å². The Labute approximate surface area is 172 Å². The first-order valence-electron chi connectivity index (χ1n) is 10.3. The minimum atomic E-state index is 0.324. The van der Waals surface area contributed by atoms with Crippen molar-refractivity contribution in [2.45, 2.75) is 39.0 Å². The van der Waals surface area contributed by atoms with E-state index in [9.17, 15) is 0 Å². The Morgan fingerprint density at radius 1 is 1.10 bits per heavy atom. The molecular formula is C21H30N6O2. The molecule has 0 atom stereocenters. The molecule has 0 radical (unpaired) electrons. The Hall–Kier alpha value is -2.58. The molecule has 1 aromatic carbocycles. The molecule has 156 valence electrons. The number of aromatic nitrogens is 2. The summed E-state index contributed by atoms with van der Waals surface area (Å²) in [6, 6.07) is 9.17. The number of methoxy groups -OCH3 is 1. The van der Waals surface area contributed by atoms with E-state index in [2.05, 4.69) is 49.4 Å². The zero-order valence-electron chi connectivity index (χ0n) is 17.2. The highest BCUT2D eigenvalue weighted by Crippen LogP contribution is 2.35. The summed E-state index contributed by atoms with van der Waals surface area (Å²) in [5.41, 5.74) is 9.41. The number of nitrogens with zero attached hydrogens (tertiary/aromatic N) is 4. The van der Waals surface area contributed by atoms with Crippen LogP contribution in [-0.2, 0) is 17.8 Å². The quantitative estimate of drug-likeness (QED) is 0.735. The second kappa shape index (κ2) is 8.84. The summed E-state index contributed by atoms with van der Waals surface area (Å²) < 4.78 is 10.9. The molecule has 8 heteroatoms. The van der Waals surface area contributed by atoms with Crippen LogP contribution in [0.25, 0.3) is 0 Å². The molecule has 1 aromatic heterocycles. The molecule has 4 rings (SSSR count). The zero-order chi connectivity index (χ0) is 20.2. The third-order valence-corrected chi connectivity index (χ3v) is 5.59. The zero-order valence-corrected chi connectivity index (χ0v) is 17.2. The van der Waals surface area contributed by atoms with E-state index >= 15 is 0 Å². The number of rotatable bonds is 7. The average molecular weight is 399 g/mol. The molecule has 8 nitrogen and oxygen atoms in total. The van der Waals surface area contributed by atoms with E-state index in [1.807, 2.05) is 14.0 Å².